The van der Waals surface area contributed by atoms with Crippen molar-refractivity contribution in [2.45, 2.75) is 45.0 Å². The molecule has 4 heteroatoms. The molecule has 0 aromatic rings. The highest BCUT2D eigenvalue weighted by Crippen LogP contribution is 2.24. The van der Waals surface area contributed by atoms with E-state index in [0.717, 1.165) is 6.42 Å². The summed E-state index contributed by atoms with van der Waals surface area (Å²) in [5.41, 5.74) is 0. The highest BCUT2D eigenvalue weighted by molar-refractivity contribution is 5.90. The van der Waals surface area contributed by atoms with Crippen molar-refractivity contribution in [3.8, 4) is 0 Å². The predicted octanol–water partition coefficient (Wildman–Crippen LogP) is 1.17. The average molecular weight is 216 g/mol. The van der Waals surface area contributed by atoms with Crippen LogP contribution >= 0.6 is 0 Å². The highest BCUT2D eigenvalue weighted by atomic mass is 16.6. The Labute approximate surface area is 90.9 Å². The van der Waals surface area contributed by atoms with Crippen molar-refractivity contribution in [2.24, 2.45) is 0 Å². The van der Waals surface area contributed by atoms with E-state index in [1.807, 2.05) is 6.92 Å². The van der Waals surface area contributed by atoms with Crippen LogP contribution in [0.2, 0.25) is 0 Å². The van der Waals surface area contributed by atoms with Gasteiger partial charge in [-0.3, -0.25) is 4.79 Å². The summed E-state index contributed by atoms with van der Waals surface area (Å²) in [6, 6.07) is 0. The van der Waals surface area contributed by atoms with E-state index in [-0.39, 0.29) is 24.1 Å². The van der Waals surface area contributed by atoms with Crippen LogP contribution in [-0.2, 0) is 19.0 Å². The SMILES string of the molecule is CCC(C)OC1CC(=O)C1OCCOC. The molecule has 0 saturated heterocycles. The second kappa shape index (κ2) is 6.20. The monoisotopic (exact) mass is 216 g/mol. The molecule has 0 radical (unpaired) electrons. The number of carbonyl (C=O) groups excluding carboxylic acids is 1. The summed E-state index contributed by atoms with van der Waals surface area (Å²) in [6.45, 7) is 5.04. The fraction of sp³-hybridized carbons (Fsp3) is 0.909. The lowest BCUT2D eigenvalue weighted by Crippen LogP contribution is -2.51. The Kier molecular flexibility index (Phi) is 5.22. The summed E-state index contributed by atoms with van der Waals surface area (Å²) in [7, 11) is 1.61. The summed E-state index contributed by atoms with van der Waals surface area (Å²) in [5, 5.41) is 0. The van der Waals surface area contributed by atoms with E-state index in [2.05, 4.69) is 6.92 Å². The van der Waals surface area contributed by atoms with E-state index in [1.165, 1.54) is 0 Å². The molecule has 0 aromatic heterocycles. The molecule has 0 N–H and O–H groups in total. The molecule has 0 aliphatic heterocycles. The van der Waals surface area contributed by atoms with Crippen molar-refractivity contribution in [3.63, 3.8) is 0 Å². The third kappa shape index (κ3) is 3.55. The second-order valence-electron chi connectivity index (χ2n) is 3.85. The van der Waals surface area contributed by atoms with Gasteiger partial charge in [0, 0.05) is 13.5 Å². The Morgan fingerprint density at radius 3 is 2.73 bits per heavy atom. The van der Waals surface area contributed by atoms with E-state index in [1.54, 1.807) is 7.11 Å². The summed E-state index contributed by atoms with van der Waals surface area (Å²) >= 11 is 0. The van der Waals surface area contributed by atoms with Gasteiger partial charge in [0.25, 0.3) is 0 Å². The van der Waals surface area contributed by atoms with E-state index in [4.69, 9.17) is 14.2 Å². The lowest BCUT2D eigenvalue weighted by molar-refractivity contribution is -0.174. The van der Waals surface area contributed by atoms with E-state index in [9.17, 15) is 4.79 Å². The first-order valence-corrected chi connectivity index (χ1v) is 5.47. The van der Waals surface area contributed by atoms with Gasteiger partial charge < -0.3 is 14.2 Å². The molecule has 3 unspecified atom stereocenters. The van der Waals surface area contributed by atoms with Gasteiger partial charge in [0.15, 0.2) is 5.78 Å². The summed E-state index contributed by atoms with van der Waals surface area (Å²) in [4.78, 5) is 11.3. The Bertz CT molecular complexity index is 205. The molecule has 15 heavy (non-hydrogen) atoms. The van der Waals surface area contributed by atoms with Crippen molar-refractivity contribution in [1.82, 2.24) is 0 Å². The first-order chi connectivity index (χ1) is 7.19. The Balaban J connectivity index is 2.24. The summed E-state index contributed by atoms with van der Waals surface area (Å²) < 4.78 is 15.9. The van der Waals surface area contributed by atoms with Gasteiger partial charge >= 0.3 is 0 Å². The molecule has 88 valence electrons. The minimum atomic E-state index is -0.367. The smallest absolute Gasteiger partial charge is 0.166 e. The van der Waals surface area contributed by atoms with E-state index >= 15 is 0 Å². The lowest BCUT2D eigenvalue weighted by Gasteiger charge is -2.36. The van der Waals surface area contributed by atoms with Gasteiger partial charge in [-0.25, -0.2) is 0 Å². The molecule has 0 amide bonds. The quantitative estimate of drug-likeness (QED) is 0.599. The largest absolute Gasteiger partial charge is 0.382 e. The van der Waals surface area contributed by atoms with E-state index < -0.39 is 0 Å². The van der Waals surface area contributed by atoms with Crippen LogP contribution in [0.4, 0.5) is 0 Å². The maximum atomic E-state index is 11.3. The number of hydrogen-bond donors (Lipinski definition) is 0. The van der Waals surface area contributed by atoms with Crippen LogP contribution in [0.3, 0.4) is 0 Å². The molecule has 3 atom stereocenters. The number of hydrogen-bond acceptors (Lipinski definition) is 4. The predicted molar refractivity (Wildman–Crippen MR) is 55.9 cm³/mol. The minimum Gasteiger partial charge on any atom is -0.382 e. The number of carbonyl (C=O) groups is 1. The molecule has 0 bridgehead atoms. The van der Waals surface area contributed by atoms with Crippen LogP contribution in [0.25, 0.3) is 0 Å². The molecule has 0 aromatic carbocycles. The Morgan fingerprint density at radius 1 is 1.47 bits per heavy atom. The number of ether oxygens (including phenoxy) is 3. The molecule has 0 heterocycles. The molecule has 1 aliphatic rings. The van der Waals surface area contributed by atoms with Crippen LogP contribution in [0, 0.1) is 0 Å². The topological polar surface area (TPSA) is 44.8 Å². The Morgan fingerprint density at radius 2 is 2.20 bits per heavy atom. The standard InChI is InChI=1S/C11H20O4/c1-4-8(2)15-10-7-9(12)11(10)14-6-5-13-3/h8,10-11H,4-7H2,1-3H3. The van der Waals surface area contributed by atoms with Gasteiger partial charge in [-0.15, -0.1) is 0 Å². The number of methoxy groups -OCH3 is 1. The first-order valence-electron chi connectivity index (χ1n) is 5.47. The molecule has 0 spiro atoms. The summed E-state index contributed by atoms with van der Waals surface area (Å²) in [5.74, 6) is 0.138. The minimum absolute atomic E-state index is 0.0516. The zero-order chi connectivity index (χ0) is 11.3. The van der Waals surface area contributed by atoms with Gasteiger partial charge in [0.1, 0.15) is 6.10 Å². The van der Waals surface area contributed by atoms with Crippen molar-refractivity contribution >= 4 is 5.78 Å². The van der Waals surface area contributed by atoms with Gasteiger partial charge in [0.05, 0.1) is 25.4 Å². The van der Waals surface area contributed by atoms with Crippen molar-refractivity contribution < 1.29 is 19.0 Å². The van der Waals surface area contributed by atoms with Crippen molar-refractivity contribution in [3.05, 3.63) is 0 Å². The average Bonchev–Trinajstić information content (AvgIpc) is 2.23. The van der Waals surface area contributed by atoms with Gasteiger partial charge in [-0.05, 0) is 13.3 Å². The Hall–Kier alpha value is -0.450. The molecular formula is C11H20O4. The molecule has 1 saturated carbocycles. The second-order valence-corrected chi connectivity index (χ2v) is 3.85. The van der Waals surface area contributed by atoms with Crippen LogP contribution < -0.4 is 0 Å². The van der Waals surface area contributed by atoms with Crippen molar-refractivity contribution in [2.75, 3.05) is 20.3 Å². The maximum Gasteiger partial charge on any atom is 0.166 e. The molecular weight excluding hydrogens is 196 g/mol. The van der Waals surface area contributed by atoms with Gasteiger partial charge in [-0.1, -0.05) is 6.92 Å². The normalized spacial score (nSPS) is 27.5. The van der Waals surface area contributed by atoms with E-state index in [0.29, 0.717) is 19.6 Å². The first kappa shape index (κ1) is 12.6. The highest BCUT2D eigenvalue weighted by Gasteiger charge is 2.42. The third-order valence-corrected chi connectivity index (χ3v) is 2.62. The van der Waals surface area contributed by atoms with Crippen LogP contribution in [0.15, 0.2) is 0 Å². The molecule has 1 aliphatic carbocycles. The maximum absolute atomic E-state index is 11.3. The molecule has 4 nitrogen and oxygen atoms in total. The zero-order valence-electron chi connectivity index (χ0n) is 9.69. The fourth-order valence-electron chi connectivity index (χ4n) is 1.44. The van der Waals surface area contributed by atoms with Crippen LogP contribution in [-0.4, -0.2) is 44.4 Å². The number of ketones is 1. The zero-order valence-corrected chi connectivity index (χ0v) is 9.69. The number of Topliss-reactive ketones (excluding diaryl/α,β-unsaturated/α-hetero) is 1. The third-order valence-electron chi connectivity index (χ3n) is 2.62. The molecule has 1 rings (SSSR count). The fourth-order valence-corrected chi connectivity index (χ4v) is 1.44. The van der Waals surface area contributed by atoms with Gasteiger partial charge in [-0.2, -0.15) is 0 Å². The van der Waals surface area contributed by atoms with Gasteiger partial charge in [0.2, 0.25) is 0 Å². The number of rotatable bonds is 7. The van der Waals surface area contributed by atoms with Crippen LogP contribution in [0.5, 0.6) is 0 Å². The summed E-state index contributed by atoms with van der Waals surface area (Å²) in [6.07, 6.45) is 1.22. The van der Waals surface area contributed by atoms with Crippen molar-refractivity contribution in [1.29, 1.82) is 0 Å². The molecule has 1 fully saturated rings. The van der Waals surface area contributed by atoms with Crippen LogP contribution in [0.1, 0.15) is 26.7 Å². The lowest BCUT2D eigenvalue weighted by atomic mass is 9.89.